The minimum atomic E-state index is -0.385. The van der Waals surface area contributed by atoms with Crippen LogP contribution in [0.25, 0.3) is 0 Å². The van der Waals surface area contributed by atoms with Crippen LogP contribution < -0.4 is 4.90 Å². The first-order valence-corrected chi connectivity index (χ1v) is 7.15. The van der Waals surface area contributed by atoms with Crippen molar-refractivity contribution in [2.45, 2.75) is 31.6 Å². The van der Waals surface area contributed by atoms with Gasteiger partial charge in [-0.2, -0.15) is 11.8 Å². The maximum absolute atomic E-state index is 14.1. The average Bonchev–Trinajstić information content (AvgIpc) is 2.51. The van der Waals surface area contributed by atoms with Crippen molar-refractivity contribution in [3.05, 3.63) is 23.6 Å². The Kier molecular flexibility index (Phi) is 4.12. The zero-order chi connectivity index (χ0) is 13.2. The Hall–Kier alpha value is -0.810. The third kappa shape index (κ3) is 2.95. The second-order valence-electron chi connectivity index (χ2n) is 5.11. The molecule has 2 heterocycles. The molecule has 1 aromatic heterocycles. The van der Waals surface area contributed by atoms with Crippen molar-refractivity contribution in [3.8, 4) is 0 Å². The molecular formula is C13H19FN2OS. The number of rotatable bonds is 2. The summed E-state index contributed by atoms with van der Waals surface area (Å²) >= 11 is 1.91. The first-order chi connectivity index (χ1) is 8.53. The summed E-state index contributed by atoms with van der Waals surface area (Å²) in [6.45, 7) is 5.76. The highest BCUT2D eigenvalue weighted by atomic mass is 32.2. The molecule has 1 aromatic rings. The van der Waals surface area contributed by atoms with E-state index in [2.05, 4.69) is 18.8 Å². The third-order valence-electron chi connectivity index (χ3n) is 3.26. The molecule has 18 heavy (non-hydrogen) atoms. The summed E-state index contributed by atoms with van der Waals surface area (Å²) in [5.41, 5.74) is 0.316. The molecule has 0 bridgehead atoms. The van der Waals surface area contributed by atoms with E-state index >= 15 is 0 Å². The highest BCUT2D eigenvalue weighted by molar-refractivity contribution is 8.00. The molecule has 100 valence electrons. The van der Waals surface area contributed by atoms with Gasteiger partial charge >= 0.3 is 0 Å². The van der Waals surface area contributed by atoms with Crippen LogP contribution in [-0.2, 0) is 6.61 Å². The van der Waals surface area contributed by atoms with E-state index in [1.165, 1.54) is 6.07 Å². The highest BCUT2D eigenvalue weighted by Gasteiger charge is 2.25. The molecule has 0 spiro atoms. The van der Waals surface area contributed by atoms with Gasteiger partial charge in [-0.3, -0.25) is 0 Å². The monoisotopic (exact) mass is 270 g/mol. The number of thioether (sulfide) groups is 1. The summed E-state index contributed by atoms with van der Waals surface area (Å²) in [6, 6.07) is 1.52. The first kappa shape index (κ1) is 13.6. The van der Waals surface area contributed by atoms with Crippen molar-refractivity contribution in [1.29, 1.82) is 0 Å². The Morgan fingerprint density at radius 2 is 2.28 bits per heavy atom. The zero-order valence-corrected chi connectivity index (χ0v) is 11.6. The zero-order valence-electron chi connectivity index (χ0n) is 10.8. The van der Waals surface area contributed by atoms with Crippen LogP contribution in [0, 0.1) is 5.82 Å². The van der Waals surface area contributed by atoms with Gasteiger partial charge in [0.05, 0.1) is 6.61 Å². The number of hydrogen-bond acceptors (Lipinski definition) is 4. The van der Waals surface area contributed by atoms with Crippen LogP contribution in [0.15, 0.2) is 12.3 Å². The van der Waals surface area contributed by atoms with E-state index in [1.54, 1.807) is 6.20 Å². The molecule has 3 nitrogen and oxygen atoms in total. The third-order valence-corrected chi connectivity index (χ3v) is 4.63. The lowest BCUT2D eigenvalue weighted by atomic mass is 10.1. The number of hydrogen-bond donors (Lipinski definition) is 1. The molecule has 0 aromatic carbocycles. The number of anilines is 1. The molecular weight excluding hydrogens is 251 g/mol. The fourth-order valence-electron chi connectivity index (χ4n) is 2.05. The number of aliphatic hydroxyl groups excluding tert-OH is 1. The quantitative estimate of drug-likeness (QED) is 0.895. The van der Waals surface area contributed by atoms with Crippen molar-refractivity contribution >= 4 is 17.6 Å². The summed E-state index contributed by atoms with van der Waals surface area (Å²) in [4.78, 5) is 6.11. The van der Waals surface area contributed by atoms with Crippen molar-refractivity contribution in [1.82, 2.24) is 4.98 Å². The molecule has 0 saturated carbocycles. The van der Waals surface area contributed by atoms with E-state index in [0.29, 0.717) is 11.4 Å². The minimum absolute atomic E-state index is 0.236. The highest BCUT2D eigenvalue weighted by Crippen LogP contribution is 2.32. The van der Waals surface area contributed by atoms with E-state index in [1.807, 2.05) is 16.7 Å². The number of nitrogens with zero attached hydrogens (tertiary/aromatic N) is 2. The van der Waals surface area contributed by atoms with Gasteiger partial charge in [-0.1, -0.05) is 13.8 Å². The van der Waals surface area contributed by atoms with Gasteiger partial charge in [-0.05, 0) is 12.5 Å². The molecule has 5 heteroatoms. The predicted molar refractivity (Wildman–Crippen MR) is 73.5 cm³/mol. The van der Waals surface area contributed by atoms with Crippen molar-refractivity contribution in [2.24, 2.45) is 0 Å². The maximum Gasteiger partial charge on any atom is 0.171 e. The van der Waals surface area contributed by atoms with Gasteiger partial charge < -0.3 is 10.0 Å². The Bertz CT molecular complexity index is 425. The average molecular weight is 270 g/mol. The summed E-state index contributed by atoms with van der Waals surface area (Å²) in [7, 11) is 0. The molecule has 0 unspecified atom stereocenters. The van der Waals surface area contributed by atoms with Gasteiger partial charge in [-0.15, -0.1) is 0 Å². The SMILES string of the molecule is CC1(C)CCN(c2nccc(CO)c2F)CCS1. The van der Waals surface area contributed by atoms with Crippen LogP contribution >= 0.6 is 11.8 Å². The molecule has 1 N–H and O–H groups in total. The molecule has 1 aliphatic heterocycles. The number of pyridine rings is 1. The molecule has 2 rings (SSSR count). The van der Waals surface area contributed by atoms with Crippen molar-refractivity contribution in [2.75, 3.05) is 23.7 Å². The Morgan fingerprint density at radius 3 is 3.00 bits per heavy atom. The number of aliphatic hydroxyl groups is 1. The first-order valence-electron chi connectivity index (χ1n) is 6.16. The maximum atomic E-state index is 14.1. The van der Waals surface area contributed by atoms with Gasteiger partial charge in [0.1, 0.15) is 0 Å². The van der Waals surface area contributed by atoms with Gasteiger partial charge in [0.15, 0.2) is 11.6 Å². The second-order valence-corrected chi connectivity index (χ2v) is 6.91. The van der Waals surface area contributed by atoms with Crippen molar-refractivity contribution in [3.63, 3.8) is 0 Å². The second kappa shape index (κ2) is 5.45. The van der Waals surface area contributed by atoms with E-state index in [0.717, 1.165) is 25.3 Å². The summed E-state index contributed by atoms with van der Waals surface area (Å²) in [5.74, 6) is 0.960. The van der Waals surface area contributed by atoms with Gasteiger partial charge in [0.25, 0.3) is 0 Å². The van der Waals surface area contributed by atoms with Crippen LogP contribution in [0.4, 0.5) is 10.2 Å². The van der Waals surface area contributed by atoms with E-state index in [-0.39, 0.29) is 17.2 Å². The normalized spacial score (nSPS) is 19.7. The minimum Gasteiger partial charge on any atom is -0.392 e. The fraction of sp³-hybridized carbons (Fsp3) is 0.615. The predicted octanol–water partition coefficient (Wildman–Crippen LogP) is 2.43. The summed E-state index contributed by atoms with van der Waals surface area (Å²) in [5, 5.41) is 9.09. The summed E-state index contributed by atoms with van der Waals surface area (Å²) in [6.07, 6.45) is 2.56. The van der Waals surface area contributed by atoms with Crippen LogP contribution in [-0.4, -0.2) is 33.7 Å². The molecule has 0 atom stereocenters. The molecule has 0 amide bonds. The van der Waals surface area contributed by atoms with Crippen LogP contribution in [0.5, 0.6) is 0 Å². The molecule has 0 aliphatic carbocycles. The van der Waals surface area contributed by atoms with Crippen LogP contribution in [0.2, 0.25) is 0 Å². The smallest absolute Gasteiger partial charge is 0.171 e. The molecule has 1 aliphatic rings. The molecule has 1 fully saturated rings. The van der Waals surface area contributed by atoms with E-state index in [9.17, 15) is 4.39 Å². The largest absolute Gasteiger partial charge is 0.392 e. The van der Waals surface area contributed by atoms with Gasteiger partial charge in [0, 0.05) is 35.3 Å². The van der Waals surface area contributed by atoms with E-state index in [4.69, 9.17) is 5.11 Å². The van der Waals surface area contributed by atoms with E-state index < -0.39 is 0 Å². The lowest BCUT2D eigenvalue weighted by Gasteiger charge is -2.24. The lowest BCUT2D eigenvalue weighted by molar-refractivity contribution is 0.275. The summed E-state index contributed by atoms with van der Waals surface area (Å²) < 4.78 is 14.3. The Balaban J connectivity index is 2.21. The van der Waals surface area contributed by atoms with Gasteiger partial charge in [0.2, 0.25) is 0 Å². The fourth-order valence-corrected chi connectivity index (χ4v) is 3.15. The Labute approximate surface area is 111 Å². The number of halogens is 1. The lowest BCUT2D eigenvalue weighted by Crippen LogP contribution is -2.29. The van der Waals surface area contributed by atoms with Crippen LogP contribution in [0.1, 0.15) is 25.8 Å². The van der Waals surface area contributed by atoms with Gasteiger partial charge in [-0.25, -0.2) is 9.37 Å². The van der Waals surface area contributed by atoms with Crippen LogP contribution in [0.3, 0.4) is 0 Å². The Morgan fingerprint density at radius 1 is 1.50 bits per heavy atom. The topological polar surface area (TPSA) is 36.4 Å². The molecule has 0 radical (unpaired) electrons. The standard InChI is InChI=1S/C13H19FN2OS/c1-13(2)4-6-16(7-8-18-13)12-11(14)10(9-17)3-5-15-12/h3,5,17H,4,6-9H2,1-2H3. The number of aromatic nitrogens is 1. The van der Waals surface area contributed by atoms with Crippen molar-refractivity contribution < 1.29 is 9.50 Å². The molecule has 1 saturated heterocycles.